The molecule has 0 bridgehead atoms. The lowest BCUT2D eigenvalue weighted by Gasteiger charge is -2.03. The predicted octanol–water partition coefficient (Wildman–Crippen LogP) is 8.79. The quantitative estimate of drug-likeness (QED) is 0.177. The maximum Gasteiger partial charge on any atom is 0.673 e. The Labute approximate surface area is 185 Å². The fraction of sp³-hybridized carbons (Fsp3) is 0.115. The van der Waals surface area contributed by atoms with Crippen LogP contribution < -0.4 is 0 Å². The van der Waals surface area contributed by atoms with Crippen molar-refractivity contribution in [1.82, 2.24) is 0 Å². The number of aryl methyl sites for hydroxylation is 3. The Kier molecular flexibility index (Phi) is 7.13. The van der Waals surface area contributed by atoms with E-state index in [1.807, 2.05) is 0 Å². The Hall–Kier alpha value is -3.41. The van der Waals surface area contributed by atoms with Gasteiger partial charge in [0, 0.05) is 5.56 Å². The van der Waals surface area contributed by atoms with Gasteiger partial charge in [0.1, 0.15) is 0 Å². The van der Waals surface area contributed by atoms with Crippen LogP contribution in [0.4, 0.5) is 17.3 Å². The van der Waals surface area contributed by atoms with Crippen LogP contribution in [-0.4, -0.2) is 7.25 Å². The van der Waals surface area contributed by atoms with Crippen molar-refractivity contribution >= 4 is 7.25 Å². The van der Waals surface area contributed by atoms with E-state index in [0.29, 0.717) is 0 Å². The Bertz CT molecular complexity index is 1010. The van der Waals surface area contributed by atoms with E-state index in [4.69, 9.17) is 4.42 Å². The minimum absolute atomic E-state index is 0.878. The third-order valence-corrected chi connectivity index (χ3v) is 4.85. The Balaban J connectivity index is 0.000000523. The van der Waals surface area contributed by atoms with Gasteiger partial charge in [-0.2, -0.15) is 0 Å². The van der Waals surface area contributed by atoms with Gasteiger partial charge in [-0.1, -0.05) is 65.2 Å². The number of hydrogen-bond donors (Lipinski definition) is 0. The number of hydrogen-bond acceptors (Lipinski definition) is 0. The lowest BCUT2D eigenvalue weighted by atomic mass is 10.0. The maximum absolute atomic E-state index is 9.75. The Morgan fingerprint density at radius 2 is 0.750 bits per heavy atom. The highest BCUT2D eigenvalue weighted by Crippen LogP contribution is 2.33. The first-order chi connectivity index (χ1) is 15.1. The van der Waals surface area contributed by atoms with Crippen molar-refractivity contribution in [1.29, 1.82) is 0 Å². The topological polar surface area (TPSA) is 11.3 Å². The highest BCUT2D eigenvalue weighted by atomic mass is 19.5. The molecule has 4 aromatic rings. The summed E-state index contributed by atoms with van der Waals surface area (Å²) in [5.74, 6) is 1.76. The van der Waals surface area contributed by atoms with Crippen LogP contribution in [0.5, 0.6) is 0 Å². The van der Waals surface area contributed by atoms with Gasteiger partial charge in [-0.05, 0) is 50.6 Å². The molecule has 4 rings (SSSR count). The van der Waals surface area contributed by atoms with Gasteiger partial charge in [-0.3, -0.25) is 0 Å². The first-order valence-electron chi connectivity index (χ1n) is 10.1. The first-order valence-corrected chi connectivity index (χ1v) is 10.1. The SMILES string of the molecule is Cc1ccc(-c2cc(-c3ccc(C)cc3)[o+]c(-c3ccc(C)cc3)c2)cc1.F[B-](F)(F)F. The molecule has 0 spiro atoms. The molecule has 1 aromatic heterocycles. The van der Waals surface area contributed by atoms with Gasteiger partial charge >= 0.3 is 18.8 Å². The monoisotopic (exact) mass is 438 g/mol. The molecule has 0 aliphatic carbocycles. The summed E-state index contributed by atoms with van der Waals surface area (Å²) in [5.41, 5.74) is 8.27. The molecule has 0 saturated carbocycles. The third kappa shape index (κ3) is 6.81. The minimum Gasteiger partial charge on any atom is -0.418 e. The van der Waals surface area contributed by atoms with E-state index in [1.165, 1.54) is 22.3 Å². The van der Waals surface area contributed by atoms with Crippen LogP contribution in [0, 0.1) is 20.8 Å². The summed E-state index contributed by atoms with van der Waals surface area (Å²) in [4.78, 5) is 0. The van der Waals surface area contributed by atoms with Crippen LogP contribution in [0.3, 0.4) is 0 Å². The van der Waals surface area contributed by atoms with Crippen molar-refractivity contribution in [2.75, 3.05) is 0 Å². The molecule has 164 valence electrons. The Morgan fingerprint density at radius 1 is 0.469 bits per heavy atom. The van der Waals surface area contributed by atoms with E-state index >= 15 is 0 Å². The average molecular weight is 438 g/mol. The highest BCUT2D eigenvalue weighted by molar-refractivity contribution is 6.50. The van der Waals surface area contributed by atoms with Crippen LogP contribution in [-0.2, 0) is 0 Å². The molecule has 0 N–H and O–H groups in total. The van der Waals surface area contributed by atoms with Crippen LogP contribution >= 0.6 is 0 Å². The van der Waals surface area contributed by atoms with Crippen molar-refractivity contribution in [2.24, 2.45) is 0 Å². The number of rotatable bonds is 3. The van der Waals surface area contributed by atoms with Gasteiger partial charge in [0.15, 0.2) is 0 Å². The van der Waals surface area contributed by atoms with Gasteiger partial charge in [-0.15, -0.1) is 0 Å². The third-order valence-electron chi connectivity index (χ3n) is 4.85. The molecule has 6 heteroatoms. The summed E-state index contributed by atoms with van der Waals surface area (Å²) in [6, 6.07) is 29.8. The summed E-state index contributed by atoms with van der Waals surface area (Å²) in [7, 11) is -6.00. The zero-order chi connectivity index (χ0) is 23.3. The van der Waals surface area contributed by atoms with Gasteiger partial charge < -0.3 is 17.3 Å². The molecule has 0 saturated heterocycles. The smallest absolute Gasteiger partial charge is 0.418 e. The van der Waals surface area contributed by atoms with Crippen LogP contribution in [0.2, 0.25) is 0 Å². The van der Waals surface area contributed by atoms with Gasteiger partial charge in [0.2, 0.25) is 0 Å². The fourth-order valence-corrected chi connectivity index (χ4v) is 3.13. The molecular weight excluding hydrogens is 415 g/mol. The molecule has 1 heterocycles. The van der Waals surface area contributed by atoms with E-state index in [1.54, 1.807) is 0 Å². The molecular formula is C26H23BF4O. The molecule has 1 nitrogen and oxygen atoms in total. The average Bonchev–Trinajstić information content (AvgIpc) is 2.74. The van der Waals surface area contributed by atoms with Crippen LogP contribution in [0.1, 0.15) is 16.7 Å². The first kappa shape index (κ1) is 23.3. The lowest BCUT2D eigenvalue weighted by molar-refractivity contribution is 0.368. The zero-order valence-electron chi connectivity index (χ0n) is 18.1. The summed E-state index contributed by atoms with van der Waals surface area (Å²) in [6.07, 6.45) is 0. The van der Waals surface area contributed by atoms with Crippen molar-refractivity contribution in [3.63, 3.8) is 0 Å². The second-order valence-electron chi connectivity index (χ2n) is 7.67. The molecule has 0 atom stereocenters. The summed E-state index contributed by atoms with van der Waals surface area (Å²) in [5, 5.41) is 0. The normalized spacial score (nSPS) is 11.0. The highest BCUT2D eigenvalue weighted by Gasteiger charge is 2.21. The van der Waals surface area contributed by atoms with Crippen molar-refractivity contribution in [3.05, 3.63) is 102 Å². The standard InChI is InChI=1S/C26H23O.BF4/c1-18-4-10-21(11-5-18)24-16-25(22-12-6-19(2)7-13-22)27-26(17-24)23-14-8-20(3)9-15-23;2-1(3,4)5/h4-17H,1-3H3;/q+1;-1. The second-order valence-corrected chi connectivity index (χ2v) is 7.67. The van der Waals surface area contributed by atoms with Crippen molar-refractivity contribution in [3.8, 4) is 33.8 Å². The van der Waals surface area contributed by atoms with Crippen molar-refractivity contribution < 1.29 is 21.7 Å². The van der Waals surface area contributed by atoms with E-state index in [0.717, 1.165) is 28.2 Å². The molecule has 0 aliphatic heterocycles. The van der Waals surface area contributed by atoms with E-state index in [-0.39, 0.29) is 0 Å². The molecule has 0 unspecified atom stereocenters. The van der Waals surface area contributed by atoms with Crippen LogP contribution in [0.15, 0.2) is 89.3 Å². The predicted molar refractivity (Wildman–Crippen MR) is 124 cm³/mol. The van der Waals surface area contributed by atoms with E-state index in [2.05, 4.69) is 106 Å². The minimum atomic E-state index is -6.00. The lowest BCUT2D eigenvalue weighted by Crippen LogP contribution is -2.02. The molecule has 0 amide bonds. The Morgan fingerprint density at radius 3 is 1.06 bits per heavy atom. The van der Waals surface area contributed by atoms with Gasteiger partial charge in [0.05, 0.1) is 23.3 Å². The largest absolute Gasteiger partial charge is 0.673 e. The summed E-state index contributed by atoms with van der Waals surface area (Å²) in [6.45, 7) is 6.31. The molecule has 3 aromatic carbocycles. The molecule has 0 radical (unpaired) electrons. The van der Waals surface area contributed by atoms with E-state index in [9.17, 15) is 17.3 Å². The number of halogens is 4. The van der Waals surface area contributed by atoms with Crippen LogP contribution in [0.25, 0.3) is 33.8 Å². The second kappa shape index (κ2) is 9.81. The van der Waals surface area contributed by atoms with E-state index < -0.39 is 7.25 Å². The van der Waals surface area contributed by atoms with Crippen molar-refractivity contribution in [2.45, 2.75) is 20.8 Å². The number of benzene rings is 3. The zero-order valence-corrected chi connectivity index (χ0v) is 18.1. The maximum atomic E-state index is 9.75. The molecule has 0 fully saturated rings. The fourth-order valence-electron chi connectivity index (χ4n) is 3.13. The van der Waals surface area contributed by atoms with Gasteiger partial charge in [0.25, 0.3) is 0 Å². The summed E-state index contributed by atoms with van der Waals surface area (Å²) >= 11 is 0. The molecule has 0 aliphatic rings. The summed E-state index contributed by atoms with van der Waals surface area (Å²) < 4.78 is 45.3. The molecule has 32 heavy (non-hydrogen) atoms. The van der Waals surface area contributed by atoms with Gasteiger partial charge in [-0.25, -0.2) is 4.42 Å².